The molecule has 1 unspecified atom stereocenters. The summed E-state index contributed by atoms with van der Waals surface area (Å²) >= 11 is 3.53. The maximum absolute atomic E-state index is 12.4. The van der Waals surface area contributed by atoms with Gasteiger partial charge in [-0.05, 0) is 37.1 Å². The van der Waals surface area contributed by atoms with Crippen molar-refractivity contribution in [2.45, 2.75) is 19.4 Å². The van der Waals surface area contributed by atoms with Gasteiger partial charge in [0.05, 0.1) is 6.04 Å². The van der Waals surface area contributed by atoms with E-state index in [9.17, 15) is 4.79 Å². The van der Waals surface area contributed by atoms with Crippen molar-refractivity contribution in [2.75, 3.05) is 13.6 Å². The van der Waals surface area contributed by atoms with Crippen LogP contribution in [-0.4, -0.2) is 24.5 Å². The van der Waals surface area contributed by atoms with Crippen LogP contribution >= 0.6 is 15.9 Å². The summed E-state index contributed by atoms with van der Waals surface area (Å²) in [6.07, 6.45) is 0.778. The maximum atomic E-state index is 12.4. The Balaban J connectivity index is 1.58. The minimum Gasteiger partial charge on any atom is -0.459 e. The van der Waals surface area contributed by atoms with Gasteiger partial charge in [0.2, 0.25) is 0 Å². The number of nitrogens with one attached hydrogen (secondary N) is 1. The van der Waals surface area contributed by atoms with Crippen LogP contribution in [0.3, 0.4) is 0 Å². The van der Waals surface area contributed by atoms with Gasteiger partial charge in [0.15, 0.2) is 0 Å². The molecule has 3 rings (SSSR count). The molecule has 3 aromatic rings. The lowest BCUT2D eigenvalue weighted by Gasteiger charge is -2.23. The highest BCUT2D eigenvalue weighted by molar-refractivity contribution is 9.10. The summed E-state index contributed by atoms with van der Waals surface area (Å²) in [6, 6.07) is 17.6. The molecular formula is C20H21BrN2O2. The number of carbonyl (C=O) groups excluding carboxylic acids is 1. The summed E-state index contributed by atoms with van der Waals surface area (Å²) in [5, 5.41) is 4.02. The molecule has 0 aliphatic rings. The van der Waals surface area contributed by atoms with Gasteiger partial charge in [0, 0.05) is 23.5 Å². The molecule has 5 heteroatoms. The molecule has 0 saturated heterocycles. The minimum atomic E-state index is -0.143. The second-order valence-electron chi connectivity index (χ2n) is 6.05. The molecular weight excluding hydrogens is 380 g/mol. The Labute approximate surface area is 155 Å². The number of hydrogen-bond acceptors (Lipinski definition) is 2. The van der Waals surface area contributed by atoms with Crippen LogP contribution in [0.25, 0.3) is 11.0 Å². The molecule has 4 nitrogen and oxygen atoms in total. The molecule has 25 heavy (non-hydrogen) atoms. The van der Waals surface area contributed by atoms with Crippen molar-refractivity contribution in [1.82, 2.24) is 10.2 Å². The molecule has 0 radical (unpaired) electrons. The molecule has 130 valence electrons. The Morgan fingerprint density at radius 3 is 2.68 bits per heavy atom. The Morgan fingerprint density at radius 2 is 1.92 bits per heavy atom. The molecule has 1 N–H and O–H groups in total. The van der Waals surface area contributed by atoms with E-state index in [2.05, 4.69) is 27.3 Å². The third-order valence-corrected chi connectivity index (χ3v) is 5.16. The van der Waals surface area contributed by atoms with Crippen LogP contribution in [0.15, 0.2) is 63.5 Å². The highest BCUT2D eigenvalue weighted by atomic mass is 79.9. The van der Waals surface area contributed by atoms with Crippen molar-refractivity contribution in [3.8, 4) is 0 Å². The van der Waals surface area contributed by atoms with Gasteiger partial charge in [-0.1, -0.05) is 52.3 Å². The fraction of sp³-hybridized carbons (Fsp3) is 0.250. The number of hydrogen-bond donors (Lipinski definition) is 1. The first-order valence-electron chi connectivity index (χ1n) is 8.29. The number of rotatable bonds is 5. The van der Waals surface area contributed by atoms with E-state index in [1.807, 2.05) is 55.5 Å². The average molecular weight is 401 g/mol. The van der Waals surface area contributed by atoms with Crippen LogP contribution in [0, 0.1) is 0 Å². The van der Waals surface area contributed by atoms with Gasteiger partial charge in [0.1, 0.15) is 11.3 Å². The number of nitrogens with zero attached hydrogens (tertiary/aromatic N) is 1. The van der Waals surface area contributed by atoms with E-state index >= 15 is 0 Å². The topological polar surface area (TPSA) is 45.5 Å². The van der Waals surface area contributed by atoms with E-state index in [1.54, 1.807) is 11.9 Å². The van der Waals surface area contributed by atoms with Crippen molar-refractivity contribution in [1.29, 1.82) is 0 Å². The van der Waals surface area contributed by atoms with Gasteiger partial charge in [-0.25, -0.2) is 4.79 Å². The van der Waals surface area contributed by atoms with E-state index in [-0.39, 0.29) is 12.1 Å². The normalized spacial score (nSPS) is 12.1. The third-order valence-electron chi connectivity index (χ3n) is 4.39. The van der Waals surface area contributed by atoms with Crippen LogP contribution in [0.5, 0.6) is 0 Å². The van der Waals surface area contributed by atoms with Crippen LogP contribution in [-0.2, 0) is 6.42 Å². The van der Waals surface area contributed by atoms with Crippen molar-refractivity contribution in [3.63, 3.8) is 0 Å². The Bertz CT molecular complexity index is 842. The standard InChI is InChI=1S/C20H21BrN2O2/c1-14(19-13-16-8-4-6-10-18(16)25-19)23(2)20(24)22-12-11-15-7-3-5-9-17(15)21/h3-10,13-14H,11-12H2,1-2H3,(H,22,24). The summed E-state index contributed by atoms with van der Waals surface area (Å²) in [6.45, 7) is 2.55. The first-order valence-corrected chi connectivity index (χ1v) is 9.08. The van der Waals surface area contributed by atoms with E-state index in [1.165, 1.54) is 5.56 Å². The van der Waals surface area contributed by atoms with Gasteiger partial charge in [-0.3, -0.25) is 0 Å². The quantitative estimate of drug-likeness (QED) is 0.644. The fourth-order valence-electron chi connectivity index (χ4n) is 2.70. The van der Waals surface area contributed by atoms with E-state index in [0.29, 0.717) is 6.54 Å². The maximum Gasteiger partial charge on any atom is 0.317 e. The SMILES string of the molecule is CC(c1cc2ccccc2o1)N(C)C(=O)NCCc1ccccc1Br. The number of furan rings is 1. The number of benzene rings is 2. The fourth-order valence-corrected chi connectivity index (χ4v) is 3.19. The minimum absolute atomic E-state index is 0.111. The lowest BCUT2D eigenvalue weighted by Crippen LogP contribution is -2.39. The highest BCUT2D eigenvalue weighted by Gasteiger charge is 2.20. The summed E-state index contributed by atoms with van der Waals surface area (Å²) in [4.78, 5) is 14.1. The molecule has 2 aromatic carbocycles. The Kier molecular flexibility index (Phi) is 5.43. The van der Waals surface area contributed by atoms with Gasteiger partial charge in [0.25, 0.3) is 0 Å². The van der Waals surface area contributed by atoms with Crippen LogP contribution in [0.4, 0.5) is 4.79 Å². The smallest absolute Gasteiger partial charge is 0.317 e. The molecule has 0 aliphatic heterocycles. The Hall–Kier alpha value is -2.27. The molecule has 0 saturated carbocycles. The second-order valence-corrected chi connectivity index (χ2v) is 6.90. The summed E-state index contributed by atoms with van der Waals surface area (Å²) in [5.74, 6) is 0.782. The van der Waals surface area contributed by atoms with Gasteiger partial charge < -0.3 is 14.6 Å². The van der Waals surface area contributed by atoms with Crippen molar-refractivity contribution >= 4 is 32.9 Å². The zero-order valence-corrected chi connectivity index (χ0v) is 15.9. The number of fused-ring (bicyclic) bond motifs is 1. The Morgan fingerprint density at radius 1 is 1.20 bits per heavy atom. The number of urea groups is 1. The predicted molar refractivity (Wildman–Crippen MR) is 104 cm³/mol. The zero-order valence-electron chi connectivity index (χ0n) is 14.3. The third kappa shape index (κ3) is 4.04. The lowest BCUT2D eigenvalue weighted by atomic mass is 10.1. The molecule has 1 aromatic heterocycles. The van der Waals surface area contributed by atoms with Crippen molar-refractivity contribution < 1.29 is 9.21 Å². The largest absolute Gasteiger partial charge is 0.459 e. The zero-order chi connectivity index (χ0) is 17.8. The molecule has 0 aliphatic carbocycles. The number of amides is 2. The van der Waals surface area contributed by atoms with Crippen LogP contribution < -0.4 is 5.32 Å². The van der Waals surface area contributed by atoms with Crippen LogP contribution in [0.1, 0.15) is 24.3 Å². The van der Waals surface area contributed by atoms with Gasteiger partial charge in [-0.15, -0.1) is 0 Å². The van der Waals surface area contributed by atoms with Gasteiger partial charge >= 0.3 is 6.03 Å². The van der Waals surface area contributed by atoms with Gasteiger partial charge in [-0.2, -0.15) is 0 Å². The highest BCUT2D eigenvalue weighted by Crippen LogP contribution is 2.26. The molecule has 0 bridgehead atoms. The molecule has 1 heterocycles. The lowest BCUT2D eigenvalue weighted by molar-refractivity contribution is 0.188. The van der Waals surface area contributed by atoms with Crippen molar-refractivity contribution in [2.24, 2.45) is 0 Å². The van der Waals surface area contributed by atoms with E-state index < -0.39 is 0 Å². The number of carbonyl (C=O) groups is 1. The monoisotopic (exact) mass is 400 g/mol. The second kappa shape index (κ2) is 7.74. The molecule has 2 amide bonds. The number of para-hydroxylation sites is 1. The molecule has 0 spiro atoms. The summed E-state index contributed by atoms with van der Waals surface area (Å²) in [5.41, 5.74) is 2.02. The summed E-state index contributed by atoms with van der Waals surface area (Å²) in [7, 11) is 1.78. The van der Waals surface area contributed by atoms with E-state index in [4.69, 9.17) is 4.42 Å². The average Bonchev–Trinajstić information content (AvgIpc) is 3.06. The molecule has 1 atom stereocenters. The number of halogens is 1. The summed E-state index contributed by atoms with van der Waals surface area (Å²) < 4.78 is 6.93. The van der Waals surface area contributed by atoms with Crippen molar-refractivity contribution in [3.05, 3.63) is 70.4 Å². The predicted octanol–water partition coefficient (Wildman–Crippen LogP) is 5.14. The molecule has 0 fully saturated rings. The first-order chi connectivity index (χ1) is 12.1. The van der Waals surface area contributed by atoms with E-state index in [0.717, 1.165) is 27.6 Å². The van der Waals surface area contributed by atoms with Crippen LogP contribution in [0.2, 0.25) is 0 Å². The first kappa shape index (κ1) is 17.5.